The molecule has 116 valence electrons. The van der Waals surface area contributed by atoms with Crippen LogP contribution >= 0.6 is 0 Å². The third kappa shape index (κ3) is 3.67. The lowest BCUT2D eigenvalue weighted by molar-refractivity contribution is -0.136. The van der Waals surface area contributed by atoms with E-state index in [4.69, 9.17) is 9.84 Å². The first-order valence-corrected chi connectivity index (χ1v) is 7.68. The maximum absolute atomic E-state index is 10.5. The number of carboxylic acid groups (broad SMARTS) is 1. The van der Waals surface area contributed by atoms with Crippen molar-refractivity contribution in [3.8, 4) is 5.75 Å². The summed E-state index contributed by atoms with van der Waals surface area (Å²) in [4.78, 5) is 10.5. The third-order valence-electron chi connectivity index (χ3n) is 4.05. The minimum atomic E-state index is -0.776. The molecule has 1 aromatic carbocycles. The van der Waals surface area contributed by atoms with Crippen molar-refractivity contribution in [2.75, 3.05) is 0 Å². The van der Waals surface area contributed by atoms with Gasteiger partial charge < -0.3 is 9.84 Å². The fourth-order valence-electron chi connectivity index (χ4n) is 2.47. The van der Waals surface area contributed by atoms with Gasteiger partial charge >= 0.3 is 5.97 Å². The smallest absolute Gasteiger partial charge is 0.303 e. The van der Waals surface area contributed by atoms with E-state index in [0.29, 0.717) is 19.1 Å². The second kappa shape index (κ2) is 6.64. The average Bonchev–Trinajstić information content (AvgIpc) is 2.90. The van der Waals surface area contributed by atoms with E-state index in [9.17, 15) is 4.79 Å². The molecule has 0 unspecified atom stereocenters. The Kier molecular flexibility index (Phi) is 4.42. The molecule has 1 heterocycles. The van der Waals surface area contributed by atoms with Crippen LogP contribution in [0, 0.1) is 0 Å². The number of carboxylic acids is 1. The molecule has 0 spiro atoms. The number of nitrogens with zero attached hydrogens (tertiary/aromatic N) is 2. The van der Waals surface area contributed by atoms with Crippen molar-refractivity contribution < 1.29 is 14.6 Å². The van der Waals surface area contributed by atoms with Crippen LogP contribution in [0.1, 0.15) is 43.0 Å². The number of hydrogen-bond donors (Lipinski definition) is 1. The highest BCUT2D eigenvalue weighted by Gasteiger charge is 2.19. The number of aliphatic carboxylic acids is 1. The minimum Gasteiger partial charge on any atom is -0.487 e. The topological polar surface area (TPSA) is 64.3 Å². The highest BCUT2D eigenvalue weighted by atomic mass is 16.5. The number of benzene rings is 1. The van der Waals surface area contributed by atoms with Crippen LogP contribution in [0.5, 0.6) is 5.75 Å². The summed E-state index contributed by atoms with van der Waals surface area (Å²) in [5, 5.41) is 13.2. The summed E-state index contributed by atoms with van der Waals surface area (Å²) >= 11 is 0. The zero-order valence-electron chi connectivity index (χ0n) is 12.4. The van der Waals surface area contributed by atoms with Gasteiger partial charge in [0.05, 0.1) is 11.7 Å². The van der Waals surface area contributed by atoms with Crippen LogP contribution in [-0.2, 0) is 17.8 Å². The van der Waals surface area contributed by atoms with Crippen molar-refractivity contribution in [1.82, 2.24) is 9.78 Å². The normalized spacial score (nSPS) is 14.5. The van der Waals surface area contributed by atoms with Crippen LogP contribution in [0.2, 0.25) is 0 Å². The summed E-state index contributed by atoms with van der Waals surface area (Å²) < 4.78 is 7.76. The summed E-state index contributed by atoms with van der Waals surface area (Å²) in [6, 6.07) is 10.1. The summed E-state index contributed by atoms with van der Waals surface area (Å²) in [7, 11) is 0. The summed E-state index contributed by atoms with van der Waals surface area (Å²) in [5.74, 6) is -0.000329. The quantitative estimate of drug-likeness (QED) is 0.853. The van der Waals surface area contributed by atoms with Gasteiger partial charge in [-0.15, -0.1) is 0 Å². The van der Waals surface area contributed by atoms with Crippen LogP contribution < -0.4 is 4.74 Å². The van der Waals surface area contributed by atoms with E-state index in [0.717, 1.165) is 17.0 Å². The van der Waals surface area contributed by atoms with E-state index in [2.05, 4.69) is 5.10 Å². The molecule has 1 fully saturated rings. The molecule has 0 aliphatic heterocycles. The predicted molar refractivity (Wildman–Crippen MR) is 81.8 cm³/mol. The number of rotatable bonds is 7. The maximum Gasteiger partial charge on any atom is 0.303 e. The molecule has 2 aromatic rings. The van der Waals surface area contributed by atoms with E-state index in [-0.39, 0.29) is 6.42 Å². The van der Waals surface area contributed by atoms with Crippen LogP contribution in [0.3, 0.4) is 0 Å². The molecule has 1 aromatic heterocycles. The molecule has 0 radical (unpaired) electrons. The number of ether oxygens (including phenoxy) is 1. The SMILES string of the molecule is O=C(O)CCc1ccc(OCc2ccn(C3CCC3)n2)cc1. The standard InChI is InChI=1S/C17H20N2O3/c20-17(21)9-6-13-4-7-16(8-5-13)22-12-14-10-11-19(18-14)15-2-1-3-15/h4-5,7-8,10-11,15H,1-3,6,9,12H2,(H,20,21). The van der Waals surface area contributed by atoms with Crippen molar-refractivity contribution >= 4 is 5.97 Å². The van der Waals surface area contributed by atoms with Gasteiger partial charge in [-0.2, -0.15) is 5.10 Å². The fourth-order valence-corrected chi connectivity index (χ4v) is 2.47. The van der Waals surface area contributed by atoms with E-state index in [1.807, 2.05) is 41.2 Å². The van der Waals surface area contributed by atoms with Crippen molar-refractivity contribution in [3.05, 3.63) is 47.8 Å². The predicted octanol–water partition coefficient (Wildman–Crippen LogP) is 3.20. The highest BCUT2D eigenvalue weighted by Crippen LogP contribution is 2.30. The highest BCUT2D eigenvalue weighted by molar-refractivity contribution is 5.67. The molecule has 1 N–H and O–H groups in total. The van der Waals surface area contributed by atoms with Gasteiger partial charge in [0.25, 0.3) is 0 Å². The molecule has 0 saturated heterocycles. The summed E-state index contributed by atoms with van der Waals surface area (Å²) in [6.07, 6.45) is 6.46. The Morgan fingerprint density at radius 2 is 2.05 bits per heavy atom. The van der Waals surface area contributed by atoms with Crippen LogP contribution in [0.15, 0.2) is 36.5 Å². The number of aromatic nitrogens is 2. The lowest BCUT2D eigenvalue weighted by Crippen LogP contribution is -2.17. The Bertz CT molecular complexity index is 630. The molecule has 5 heteroatoms. The molecule has 1 aliphatic carbocycles. The first-order valence-electron chi connectivity index (χ1n) is 7.68. The lowest BCUT2D eigenvalue weighted by atomic mass is 9.93. The average molecular weight is 300 g/mol. The zero-order chi connectivity index (χ0) is 15.4. The maximum atomic E-state index is 10.5. The van der Waals surface area contributed by atoms with Gasteiger partial charge in [0, 0.05) is 12.6 Å². The van der Waals surface area contributed by atoms with E-state index >= 15 is 0 Å². The minimum absolute atomic E-state index is 0.152. The van der Waals surface area contributed by atoms with Gasteiger partial charge in [-0.3, -0.25) is 9.48 Å². The van der Waals surface area contributed by atoms with Crippen molar-refractivity contribution in [2.24, 2.45) is 0 Å². The van der Waals surface area contributed by atoms with Gasteiger partial charge in [-0.05, 0) is 49.4 Å². The molecule has 5 nitrogen and oxygen atoms in total. The lowest BCUT2D eigenvalue weighted by Gasteiger charge is -2.25. The first kappa shape index (κ1) is 14.6. The number of carbonyl (C=O) groups is 1. The van der Waals surface area contributed by atoms with E-state index < -0.39 is 5.97 Å². The van der Waals surface area contributed by atoms with Crippen molar-refractivity contribution in [3.63, 3.8) is 0 Å². The molecule has 1 aliphatic rings. The Morgan fingerprint density at radius 3 is 2.68 bits per heavy atom. The van der Waals surface area contributed by atoms with Gasteiger partial charge in [-0.25, -0.2) is 0 Å². The van der Waals surface area contributed by atoms with Gasteiger partial charge in [-0.1, -0.05) is 12.1 Å². The first-order chi connectivity index (χ1) is 10.7. The largest absolute Gasteiger partial charge is 0.487 e. The van der Waals surface area contributed by atoms with Gasteiger partial charge in [0.15, 0.2) is 0 Å². The van der Waals surface area contributed by atoms with Crippen LogP contribution in [0.25, 0.3) is 0 Å². The van der Waals surface area contributed by atoms with Gasteiger partial charge in [0.2, 0.25) is 0 Å². The second-order valence-electron chi connectivity index (χ2n) is 5.70. The molecule has 3 rings (SSSR count). The van der Waals surface area contributed by atoms with E-state index in [1.54, 1.807) is 0 Å². The summed E-state index contributed by atoms with van der Waals surface area (Å²) in [5.41, 5.74) is 1.94. The number of aryl methyl sites for hydroxylation is 1. The Labute approximate surface area is 129 Å². The second-order valence-corrected chi connectivity index (χ2v) is 5.70. The number of hydrogen-bond acceptors (Lipinski definition) is 3. The third-order valence-corrected chi connectivity index (χ3v) is 4.05. The van der Waals surface area contributed by atoms with Crippen LogP contribution in [0.4, 0.5) is 0 Å². The van der Waals surface area contributed by atoms with Crippen molar-refractivity contribution in [1.29, 1.82) is 0 Å². The molecular weight excluding hydrogens is 280 g/mol. The Balaban J connectivity index is 1.50. The van der Waals surface area contributed by atoms with Crippen LogP contribution in [-0.4, -0.2) is 20.9 Å². The molecule has 0 bridgehead atoms. The Hall–Kier alpha value is -2.30. The molecule has 1 saturated carbocycles. The van der Waals surface area contributed by atoms with Crippen molar-refractivity contribution in [2.45, 2.75) is 44.8 Å². The monoisotopic (exact) mass is 300 g/mol. The Morgan fingerprint density at radius 1 is 1.27 bits per heavy atom. The molecule has 22 heavy (non-hydrogen) atoms. The van der Waals surface area contributed by atoms with E-state index in [1.165, 1.54) is 19.3 Å². The molecular formula is C17H20N2O3. The zero-order valence-corrected chi connectivity index (χ0v) is 12.4. The summed E-state index contributed by atoms with van der Waals surface area (Å²) in [6.45, 7) is 0.453. The molecule has 0 amide bonds. The molecule has 0 atom stereocenters. The van der Waals surface area contributed by atoms with Gasteiger partial charge in [0.1, 0.15) is 12.4 Å². The fraction of sp³-hybridized carbons (Fsp3) is 0.412.